The lowest BCUT2D eigenvalue weighted by atomic mass is 9.93. The van der Waals surface area contributed by atoms with Gasteiger partial charge in [0.1, 0.15) is 5.65 Å². The summed E-state index contributed by atoms with van der Waals surface area (Å²) in [5.74, 6) is 0.710. The van der Waals surface area contributed by atoms with Crippen LogP contribution >= 0.6 is 0 Å². The maximum Gasteiger partial charge on any atom is 0.224 e. The third kappa shape index (κ3) is 3.29. The largest absolute Gasteiger partial charge is 0.343 e. The first-order valence-corrected chi connectivity index (χ1v) is 8.89. The molecule has 4 rings (SSSR count). The fourth-order valence-corrected chi connectivity index (χ4v) is 3.66. The smallest absolute Gasteiger partial charge is 0.224 e. The average molecular weight is 337 g/mol. The SMILES string of the molecule is C[C@H](CC(=O)N1CCC(c2cc3cccnc3[nH]2)CC1)n1ccnc1. The Morgan fingerprint density at radius 2 is 2.20 bits per heavy atom. The molecular formula is C19H23N5O. The molecule has 1 N–H and O–H groups in total. The van der Waals surface area contributed by atoms with Crippen LogP contribution in [0.1, 0.15) is 43.8 Å². The molecule has 1 amide bonds. The summed E-state index contributed by atoms with van der Waals surface area (Å²) < 4.78 is 1.99. The van der Waals surface area contributed by atoms with Gasteiger partial charge in [0, 0.05) is 61.1 Å². The monoisotopic (exact) mass is 337 g/mol. The van der Waals surface area contributed by atoms with Crippen molar-refractivity contribution in [1.82, 2.24) is 24.4 Å². The van der Waals surface area contributed by atoms with E-state index >= 15 is 0 Å². The van der Waals surface area contributed by atoms with E-state index in [0.717, 1.165) is 37.0 Å². The molecule has 3 aromatic heterocycles. The summed E-state index contributed by atoms with van der Waals surface area (Å²) in [6.07, 6.45) is 9.77. The van der Waals surface area contributed by atoms with E-state index in [9.17, 15) is 4.79 Å². The summed E-state index contributed by atoms with van der Waals surface area (Å²) in [6, 6.07) is 6.39. The highest BCUT2D eigenvalue weighted by Crippen LogP contribution is 2.30. The van der Waals surface area contributed by atoms with Crippen LogP contribution < -0.4 is 0 Å². The summed E-state index contributed by atoms with van der Waals surface area (Å²) in [4.78, 5) is 26.4. The number of likely N-dealkylation sites (tertiary alicyclic amines) is 1. The minimum Gasteiger partial charge on any atom is -0.343 e. The Kier molecular flexibility index (Phi) is 4.26. The van der Waals surface area contributed by atoms with Gasteiger partial charge in [-0.15, -0.1) is 0 Å². The van der Waals surface area contributed by atoms with E-state index in [0.29, 0.717) is 12.3 Å². The number of imidazole rings is 1. The second kappa shape index (κ2) is 6.70. The Bertz CT molecular complexity index is 813. The van der Waals surface area contributed by atoms with E-state index < -0.39 is 0 Å². The van der Waals surface area contributed by atoms with Crippen LogP contribution in [-0.2, 0) is 4.79 Å². The molecule has 3 aromatic rings. The van der Waals surface area contributed by atoms with Crippen molar-refractivity contribution < 1.29 is 4.79 Å². The molecule has 0 unspecified atom stereocenters. The molecule has 6 heteroatoms. The molecule has 4 heterocycles. The minimum absolute atomic E-state index is 0.146. The van der Waals surface area contributed by atoms with Crippen LogP contribution in [0.2, 0.25) is 0 Å². The molecular weight excluding hydrogens is 314 g/mol. The van der Waals surface area contributed by atoms with Crippen LogP contribution in [0.25, 0.3) is 11.0 Å². The number of nitrogens with one attached hydrogen (secondary N) is 1. The predicted octanol–water partition coefficient (Wildman–Crippen LogP) is 3.12. The number of aromatic nitrogens is 4. The predicted molar refractivity (Wildman–Crippen MR) is 96.2 cm³/mol. The van der Waals surface area contributed by atoms with Crippen LogP contribution in [0.5, 0.6) is 0 Å². The Morgan fingerprint density at radius 3 is 2.92 bits per heavy atom. The van der Waals surface area contributed by atoms with E-state index in [-0.39, 0.29) is 11.9 Å². The van der Waals surface area contributed by atoms with Crippen molar-refractivity contribution >= 4 is 16.9 Å². The summed E-state index contributed by atoms with van der Waals surface area (Å²) in [5.41, 5.74) is 2.19. The van der Waals surface area contributed by atoms with Gasteiger partial charge in [-0.2, -0.15) is 0 Å². The van der Waals surface area contributed by atoms with Gasteiger partial charge in [0.25, 0.3) is 0 Å². The van der Waals surface area contributed by atoms with Crippen molar-refractivity contribution in [2.24, 2.45) is 0 Å². The molecule has 1 atom stereocenters. The number of hydrogen-bond donors (Lipinski definition) is 1. The van der Waals surface area contributed by atoms with Gasteiger partial charge < -0.3 is 14.5 Å². The number of carbonyl (C=O) groups excluding carboxylic acids is 1. The van der Waals surface area contributed by atoms with Gasteiger partial charge >= 0.3 is 0 Å². The lowest BCUT2D eigenvalue weighted by Crippen LogP contribution is -2.38. The van der Waals surface area contributed by atoms with E-state index in [1.165, 1.54) is 5.69 Å². The minimum atomic E-state index is 0.146. The highest BCUT2D eigenvalue weighted by molar-refractivity contribution is 5.77. The van der Waals surface area contributed by atoms with Crippen LogP contribution in [0.15, 0.2) is 43.1 Å². The zero-order valence-corrected chi connectivity index (χ0v) is 14.4. The third-order valence-electron chi connectivity index (χ3n) is 5.20. The molecule has 1 saturated heterocycles. The standard InChI is InChI=1S/C19H23N5O/c1-14(24-10-7-20-13-24)11-18(25)23-8-4-15(5-9-23)17-12-16-3-2-6-21-19(16)22-17/h2-3,6-7,10,12-15H,4-5,8-9,11H2,1H3,(H,21,22)/t14-/m1/s1. The number of fused-ring (bicyclic) bond motifs is 1. The molecule has 130 valence electrons. The lowest BCUT2D eigenvalue weighted by Gasteiger charge is -2.32. The number of pyridine rings is 1. The second-order valence-electron chi connectivity index (χ2n) is 6.88. The fourth-order valence-electron chi connectivity index (χ4n) is 3.66. The van der Waals surface area contributed by atoms with Gasteiger partial charge in [-0.25, -0.2) is 9.97 Å². The topological polar surface area (TPSA) is 66.8 Å². The van der Waals surface area contributed by atoms with Crippen molar-refractivity contribution in [3.63, 3.8) is 0 Å². The second-order valence-corrected chi connectivity index (χ2v) is 6.88. The number of nitrogens with zero attached hydrogens (tertiary/aromatic N) is 4. The van der Waals surface area contributed by atoms with Crippen LogP contribution in [-0.4, -0.2) is 43.4 Å². The number of rotatable bonds is 4. The molecule has 0 aromatic carbocycles. The summed E-state index contributed by atoms with van der Waals surface area (Å²) in [7, 11) is 0. The number of hydrogen-bond acceptors (Lipinski definition) is 3. The average Bonchev–Trinajstić information content (AvgIpc) is 3.31. The molecule has 1 fully saturated rings. The summed E-state index contributed by atoms with van der Waals surface area (Å²) in [6.45, 7) is 3.70. The van der Waals surface area contributed by atoms with E-state index in [1.54, 1.807) is 12.5 Å². The maximum atomic E-state index is 12.6. The molecule has 0 aliphatic carbocycles. The zero-order valence-electron chi connectivity index (χ0n) is 14.4. The molecule has 6 nitrogen and oxygen atoms in total. The Morgan fingerprint density at radius 1 is 1.36 bits per heavy atom. The first-order valence-electron chi connectivity index (χ1n) is 8.89. The van der Waals surface area contributed by atoms with Gasteiger partial charge in [-0.3, -0.25) is 4.79 Å². The highest BCUT2D eigenvalue weighted by Gasteiger charge is 2.25. The van der Waals surface area contributed by atoms with Crippen molar-refractivity contribution in [3.8, 4) is 0 Å². The normalized spacial score (nSPS) is 17.1. The molecule has 1 aliphatic heterocycles. The van der Waals surface area contributed by atoms with Gasteiger partial charge in [-0.05, 0) is 38.0 Å². The Labute approximate surface area is 146 Å². The molecule has 0 spiro atoms. The van der Waals surface area contributed by atoms with Gasteiger partial charge in [-0.1, -0.05) is 0 Å². The number of aromatic amines is 1. The molecule has 0 bridgehead atoms. The molecule has 0 radical (unpaired) electrons. The molecule has 25 heavy (non-hydrogen) atoms. The maximum absolute atomic E-state index is 12.6. The first-order chi connectivity index (χ1) is 12.2. The van der Waals surface area contributed by atoms with Gasteiger partial charge in [0.05, 0.1) is 6.33 Å². The fraction of sp³-hybridized carbons (Fsp3) is 0.421. The van der Waals surface area contributed by atoms with Crippen molar-refractivity contribution in [3.05, 3.63) is 48.8 Å². The summed E-state index contributed by atoms with van der Waals surface area (Å²) >= 11 is 0. The van der Waals surface area contributed by atoms with Crippen LogP contribution in [0.4, 0.5) is 0 Å². The summed E-state index contributed by atoms with van der Waals surface area (Å²) in [5, 5.41) is 1.16. The van der Waals surface area contributed by atoms with Gasteiger partial charge in [0.15, 0.2) is 0 Å². The van der Waals surface area contributed by atoms with Crippen LogP contribution in [0, 0.1) is 0 Å². The van der Waals surface area contributed by atoms with E-state index in [1.807, 2.05) is 27.9 Å². The third-order valence-corrected chi connectivity index (χ3v) is 5.20. The van der Waals surface area contributed by atoms with E-state index in [2.05, 4.69) is 34.0 Å². The molecule has 1 aliphatic rings. The first kappa shape index (κ1) is 15.9. The Hall–Kier alpha value is -2.63. The number of amides is 1. The lowest BCUT2D eigenvalue weighted by molar-refractivity contribution is -0.133. The van der Waals surface area contributed by atoms with E-state index in [4.69, 9.17) is 0 Å². The zero-order chi connectivity index (χ0) is 17.2. The Balaban J connectivity index is 1.35. The number of H-pyrrole nitrogens is 1. The van der Waals surface area contributed by atoms with Crippen molar-refractivity contribution in [2.45, 2.75) is 38.1 Å². The highest BCUT2D eigenvalue weighted by atomic mass is 16.2. The number of carbonyl (C=O) groups is 1. The van der Waals surface area contributed by atoms with Crippen LogP contribution in [0.3, 0.4) is 0 Å². The molecule has 0 saturated carbocycles. The van der Waals surface area contributed by atoms with Crippen molar-refractivity contribution in [2.75, 3.05) is 13.1 Å². The van der Waals surface area contributed by atoms with Crippen molar-refractivity contribution in [1.29, 1.82) is 0 Å². The number of piperidine rings is 1. The quantitative estimate of drug-likeness (QED) is 0.795. The van der Waals surface area contributed by atoms with Gasteiger partial charge in [0.2, 0.25) is 5.91 Å².